The minimum Gasteiger partial charge on any atom is -0.383 e. The van der Waals surface area contributed by atoms with Crippen LogP contribution in [0.3, 0.4) is 0 Å². The van der Waals surface area contributed by atoms with Crippen LogP contribution in [0.5, 0.6) is 0 Å². The second kappa shape index (κ2) is 4.77. The van der Waals surface area contributed by atoms with Crippen molar-refractivity contribution in [3.63, 3.8) is 0 Å². The average Bonchev–Trinajstić information content (AvgIpc) is 2.11. The van der Waals surface area contributed by atoms with Gasteiger partial charge in [0.1, 0.15) is 5.15 Å². The predicted octanol–water partition coefficient (Wildman–Crippen LogP) is 1.76. The Morgan fingerprint density at radius 1 is 1.64 bits per heavy atom. The Hall–Kier alpha value is -0.580. The Bertz CT molecular complexity index is 378. The van der Waals surface area contributed by atoms with Crippen LogP contribution in [0.4, 0.5) is 0 Å². The largest absolute Gasteiger partial charge is 0.383 e. The molecule has 1 rings (SSSR count). The number of hydrogen-bond donors (Lipinski definition) is 0. The number of methoxy groups -OCH3 is 1. The van der Waals surface area contributed by atoms with E-state index in [1.54, 1.807) is 7.11 Å². The molecule has 0 unspecified atom stereocenters. The van der Waals surface area contributed by atoms with Gasteiger partial charge in [0.2, 0.25) is 0 Å². The smallest absolute Gasteiger partial charge is 0.288 e. The lowest BCUT2D eigenvalue weighted by Crippen LogP contribution is -2.26. The van der Waals surface area contributed by atoms with Crippen molar-refractivity contribution in [3.8, 4) is 0 Å². The van der Waals surface area contributed by atoms with Crippen molar-refractivity contribution in [2.45, 2.75) is 13.0 Å². The van der Waals surface area contributed by atoms with Gasteiger partial charge in [-0.15, -0.1) is 0 Å². The molecule has 0 fully saturated rings. The summed E-state index contributed by atoms with van der Waals surface area (Å²) in [5.41, 5.74) is -0.361. The summed E-state index contributed by atoms with van der Waals surface area (Å²) in [6, 6.07) is -0.120. The van der Waals surface area contributed by atoms with E-state index in [4.69, 9.17) is 27.9 Å². The molecule has 0 radical (unpaired) electrons. The Morgan fingerprint density at radius 2 is 2.29 bits per heavy atom. The zero-order valence-electron chi connectivity index (χ0n) is 7.83. The van der Waals surface area contributed by atoms with Crippen molar-refractivity contribution in [3.05, 3.63) is 26.9 Å². The van der Waals surface area contributed by atoms with Gasteiger partial charge in [0.25, 0.3) is 5.56 Å². The van der Waals surface area contributed by atoms with Crippen molar-refractivity contribution in [2.75, 3.05) is 13.7 Å². The third kappa shape index (κ3) is 2.47. The first-order chi connectivity index (χ1) is 6.56. The molecule has 0 aliphatic rings. The molecule has 0 spiro atoms. The van der Waals surface area contributed by atoms with Crippen LogP contribution in [0.2, 0.25) is 10.3 Å². The van der Waals surface area contributed by atoms with Gasteiger partial charge in [0.15, 0.2) is 5.15 Å². The molecule has 0 saturated heterocycles. The normalized spacial score (nSPS) is 12.9. The van der Waals surface area contributed by atoms with Gasteiger partial charge in [-0.2, -0.15) is 0 Å². The summed E-state index contributed by atoms with van der Waals surface area (Å²) in [6.07, 6.45) is 1.44. The van der Waals surface area contributed by atoms with Crippen LogP contribution in [0.25, 0.3) is 0 Å². The highest BCUT2D eigenvalue weighted by Gasteiger charge is 2.10. The number of halogens is 2. The number of ether oxygens (including phenoxy) is 1. The molecule has 0 saturated carbocycles. The summed E-state index contributed by atoms with van der Waals surface area (Å²) in [4.78, 5) is 15.1. The van der Waals surface area contributed by atoms with Gasteiger partial charge in [-0.05, 0) is 6.92 Å². The fraction of sp³-hybridized carbons (Fsp3) is 0.500. The molecule has 1 aromatic heterocycles. The monoisotopic (exact) mass is 236 g/mol. The summed E-state index contributed by atoms with van der Waals surface area (Å²) >= 11 is 11.3. The van der Waals surface area contributed by atoms with E-state index in [-0.39, 0.29) is 21.9 Å². The van der Waals surface area contributed by atoms with Crippen LogP contribution in [-0.2, 0) is 4.74 Å². The Kier molecular flexibility index (Phi) is 3.92. The van der Waals surface area contributed by atoms with E-state index in [0.717, 1.165) is 0 Å². The average molecular weight is 237 g/mol. The first kappa shape index (κ1) is 11.5. The van der Waals surface area contributed by atoms with E-state index < -0.39 is 0 Å². The third-order valence-corrected chi connectivity index (χ3v) is 2.17. The van der Waals surface area contributed by atoms with Crippen molar-refractivity contribution in [2.24, 2.45) is 0 Å². The standard InChI is InChI=1S/C8H10Cl2N2O2/c1-5(4-14-2)12-3-6(9)11-7(10)8(12)13/h3,5H,4H2,1-2H3/t5-/m0/s1. The number of rotatable bonds is 3. The topological polar surface area (TPSA) is 44.1 Å². The lowest BCUT2D eigenvalue weighted by molar-refractivity contribution is 0.160. The Labute approximate surface area is 91.4 Å². The van der Waals surface area contributed by atoms with Gasteiger partial charge >= 0.3 is 0 Å². The summed E-state index contributed by atoms with van der Waals surface area (Å²) < 4.78 is 6.33. The van der Waals surface area contributed by atoms with Gasteiger partial charge in [0, 0.05) is 13.3 Å². The lowest BCUT2D eigenvalue weighted by atomic mass is 10.3. The molecular weight excluding hydrogens is 227 g/mol. The number of hydrogen-bond acceptors (Lipinski definition) is 3. The SMILES string of the molecule is COC[C@H](C)n1cc(Cl)nc(Cl)c1=O. The molecule has 6 heteroatoms. The summed E-state index contributed by atoms with van der Waals surface area (Å²) in [6.45, 7) is 2.24. The van der Waals surface area contributed by atoms with Crippen LogP contribution in [0.15, 0.2) is 11.0 Å². The third-order valence-electron chi connectivity index (χ3n) is 1.74. The van der Waals surface area contributed by atoms with Gasteiger partial charge in [-0.1, -0.05) is 23.2 Å². The van der Waals surface area contributed by atoms with Crippen LogP contribution < -0.4 is 5.56 Å². The van der Waals surface area contributed by atoms with Crippen LogP contribution in [0, 0.1) is 0 Å². The van der Waals surface area contributed by atoms with Gasteiger partial charge in [-0.3, -0.25) is 4.79 Å². The number of aromatic nitrogens is 2. The summed E-state index contributed by atoms with van der Waals surface area (Å²) in [7, 11) is 1.56. The molecule has 0 aromatic carbocycles. The van der Waals surface area contributed by atoms with E-state index in [1.807, 2.05) is 6.92 Å². The molecule has 0 N–H and O–H groups in total. The van der Waals surface area contributed by atoms with Crippen molar-refractivity contribution < 1.29 is 4.74 Å². The second-order valence-electron chi connectivity index (χ2n) is 2.87. The highest BCUT2D eigenvalue weighted by Crippen LogP contribution is 2.10. The minimum absolute atomic E-state index is 0.120. The highest BCUT2D eigenvalue weighted by atomic mass is 35.5. The highest BCUT2D eigenvalue weighted by molar-refractivity contribution is 6.32. The Balaban J connectivity index is 3.13. The summed E-state index contributed by atoms with van der Waals surface area (Å²) in [5, 5.41) is 0.0676. The Morgan fingerprint density at radius 3 is 2.86 bits per heavy atom. The zero-order valence-corrected chi connectivity index (χ0v) is 9.34. The van der Waals surface area contributed by atoms with Gasteiger partial charge < -0.3 is 9.30 Å². The molecule has 1 heterocycles. The first-order valence-electron chi connectivity index (χ1n) is 3.99. The second-order valence-corrected chi connectivity index (χ2v) is 3.62. The van der Waals surface area contributed by atoms with Crippen LogP contribution >= 0.6 is 23.2 Å². The van der Waals surface area contributed by atoms with Gasteiger partial charge in [-0.25, -0.2) is 4.98 Å². The fourth-order valence-electron chi connectivity index (χ4n) is 1.10. The fourth-order valence-corrected chi connectivity index (χ4v) is 1.52. The molecule has 0 amide bonds. The van der Waals surface area contributed by atoms with Crippen LogP contribution in [0.1, 0.15) is 13.0 Å². The molecule has 0 aliphatic heterocycles. The van der Waals surface area contributed by atoms with E-state index in [2.05, 4.69) is 4.98 Å². The first-order valence-corrected chi connectivity index (χ1v) is 4.75. The van der Waals surface area contributed by atoms with E-state index >= 15 is 0 Å². The van der Waals surface area contributed by atoms with Crippen LogP contribution in [-0.4, -0.2) is 23.3 Å². The number of nitrogens with zero attached hydrogens (tertiary/aromatic N) is 2. The van der Waals surface area contributed by atoms with Crippen molar-refractivity contribution in [1.29, 1.82) is 0 Å². The molecule has 14 heavy (non-hydrogen) atoms. The maximum Gasteiger partial charge on any atom is 0.288 e. The van der Waals surface area contributed by atoms with E-state index in [0.29, 0.717) is 6.61 Å². The molecule has 1 atom stereocenters. The molecule has 1 aromatic rings. The zero-order chi connectivity index (χ0) is 10.7. The quantitative estimate of drug-likeness (QED) is 0.804. The lowest BCUT2D eigenvalue weighted by Gasteiger charge is -2.13. The minimum atomic E-state index is -0.361. The van der Waals surface area contributed by atoms with Crippen molar-refractivity contribution in [1.82, 2.24) is 9.55 Å². The van der Waals surface area contributed by atoms with E-state index in [1.165, 1.54) is 10.8 Å². The maximum atomic E-state index is 11.5. The molecule has 0 aliphatic carbocycles. The predicted molar refractivity (Wildman–Crippen MR) is 55.1 cm³/mol. The molecular formula is C8H10Cl2N2O2. The maximum absolute atomic E-state index is 11.5. The molecule has 78 valence electrons. The van der Waals surface area contributed by atoms with Crippen molar-refractivity contribution >= 4 is 23.2 Å². The van der Waals surface area contributed by atoms with Gasteiger partial charge in [0.05, 0.1) is 12.6 Å². The summed E-state index contributed by atoms with van der Waals surface area (Å²) in [5.74, 6) is 0. The van der Waals surface area contributed by atoms with E-state index in [9.17, 15) is 4.79 Å². The molecule has 0 bridgehead atoms. The molecule has 4 nitrogen and oxygen atoms in total.